The van der Waals surface area contributed by atoms with E-state index in [2.05, 4.69) is 112 Å². The summed E-state index contributed by atoms with van der Waals surface area (Å²) in [6.45, 7) is 6.48. The summed E-state index contributed by atoms with van der Waals surface area (Å²) in [4.78, 5) is 10.3. The van der Waals surface area contributed by atoms with E-state index in [0.29, 0.717) is 28.7 Å². The first-order valence-electron chi connectivity index (χ1n) is 23.3. The van der Waals surface area contributed by atoms with E-state index >= 15 is 0 Å². The van der Waals surface area contributed by atoms with Gasteiger partial charge in [-0.2, -0.15) is 0 Å². The van der Waals surface area contributed by atoms with Gasteiger partial charge in [0.1, 0.15) is 5.75 Å². The first-order chi connectivity index (χ1) is 29.7. The minimum absolute atomic E-state index is 0. The van der Waals surface area contributed by atoms with Crippen LogP contribution in [0.2, 0.25) is 0 Å². The van der Waals surface area contributed by atoms with Crippen molar-refractivity contribution in [2.75, 3.05) is 0 Å². The molecule has 2 aromatic heterocycles. The molecule has 5 heteroatoms. The van der Waals surface area contributed by atoms with Gasteiger partial charge in [0.25, 0.3) is 0 Å². The first-order valence-corrected chi connectivity index (χ1v) is 23.3. The Morgan fingerprint density at radius 2 is 1.40 bits per heavy atom. The van der Waals surface area contributed by atoms with Gasteiger partial charge in [-0.05, 0) is 142 Å². The number of phenols is 1. The summed E-state index contributed by atoms with van der Waals surface area (Å²) in [5.74, 6) is 1.71. The van der Waals surface area contributed by atoms with Crippen molar-refractivity contribution in [2.45, 2.75) is 128 Å². The molecule has 3 aliphatic carbocycles. The van der Waals surface area contributed by atoms with Crippen LogP contribution in [0.1, 0.15) is 139 Å². The fourth-order valence-corrected chi connectivity index (χ4v) is 11.7. The van der Waals surface area contributed by atoms with Gasteiger partial charge in [-0.1, -0.05) is 137 Å². The van der Waals surface area contributed by atoms with Crippen LogP contribution in [-0.2, 0) is 26.5 Å². The number of oxazole rings is 1. The van der Waals surface area contributed by atoms with Gasteiger partial charge in [-0.25, -0.2) is 4.98 Å². The van der Waals surface area contributed by atoms with Crippen LogP contribution < -0.4 is 0 Å². The van der Waals surface area contributed by atoms with Crippen molar-refractivity contribution >= 4 is 43.4 Å². The zero-order valence-electron chi connectivity index (χ0n) is 36.4. The fourth-order valence-electron chi connectivity index (χ4n) is 11.7. The molecule has 8 aromatic rings. The summed E-state index contributed by atoms with van der Waals surface area (Å²) in [5, 5.41) is 18.2. The average molecular weight is 997 g/mol. The van der Waals surface area contributed by atoms with Gasteiger partial charge < -0.3 is 9.52 Å². The zero-order chi connectivity index (χ0) is 41.3. The summed E-state index contributed by atoms with van der Waals surface area (Å²) >= 11 is 0. The topological polar surface area (TPSA) is 59.2 Å². The van der Waals surface area contributed by atoms with Crippen molar-refractivity contribution < 1.29 is 30.6 Å². The SMILES string of the molecule is CC(C)(C)c1ccc(-c2nc3c(o2)c(C2CCCCC2)cc2c4ccccc4c4ccc(-c5cc(-c6ccc(C7CCC8(CCCCC8)CC7)cc6)ccn5)[c-]c4c23)c(O)c1.[Pt]. The van der Waals surface area contributed by atoms with E-state index in [1.165, 1.54) is 110 Å². The zero-order valence-corrected chi connectivity index (χ0v) is 38.7. The van der Waals surface area contributed by atoms with Gasteiger partial charge in [0.05, 0.1) is 11.1 Å². The summed E-state index contributed by atoms with van der Waals surface area (Å²) in [5.41, 5.74) is 10.8. The van der Waals surface area contributed by atoms with Gasteiger partial charge in [0.2, 0.25) is 5.89 Å². The summed E-state index contributed by atoms with van der Waals surface area (Å²) in [6, 6.07) is 39.2. The van der Waals surface area contributed by atoms with Gasteiger partial charge in [0.15, 0.2) is 5.58 Å². The van der Waals surface area contributed by atoms with E-state index in [1.807, 2.05) is 18.3 Å². The molecule has 0 atom stereocenters. The largest absolute Gasteiger partial charge is 0.507 e. The van der Waals surface area contributed by atoms with Crippen molar-refractivity contribution in [1.82, 2.24) is 9.97 Å². The van der Waals surface area contributed by atoms with Crippen LogP contribution in [-0.4, -0.2) is 15.1 Å². The van der Waals surface area contributed by atoms with E-state index in [0.717, 1.165) is 62.5 Å². The van der Waals surface area contributed by atoms with Gasteiger partial charge >= 0.3 is 0 Å². The monoisotopic (exact) mass is 996 g/mol. The third-order valence-corrected chi connectivity index (χ3v) is 15.2. The molecule has 0 bridgehead atoms. The minimum atomic E-state index is -0.0961. The van der Waals surface area contributed by atoms with E-state index < -0.39 is 0 Å². The molecule has 0 aliphatic heterocycles. The standard InChI is InChI=1S/C57H57N2O2.Pt/c1-56(2,3)42-21-23-46(51(60)34-42)55-59-53-52-48-32-41(20-22-45(48)43-14-8-9-15-44(43)49(52)35-47(54(53)61-55)39-12-6-4-7-13-39)50-33-40(26-31-58-50)37-18-16-36(17-19-37)38-24-29-57(30-25-38)27-10-5-11-28-57;/h8-9,14-23,26,31,33-35,38-39,60H,4-7,10-13,24-25,27-30H2,1-3H3;/q-1;. The van der Waals surface area contributed by atoms with Crippen molar-refractivity contribution in [3.8, 4) is 39.6 Å². The Hall–Kier alpha value is -4.79. The van der Waals surface area contributed by atoms with Crippen LogP contribution in [0.4, 0.5) is 0 Å². The molecule has 0 saturated heterocycles. The second-order valence-electron chi connectivity index (χ2n) is 20.0. The number of pyridine rings is 1. The quantitative estimate of drug-likeness (QED) is 0.138. The number of hydrogen-bond donors (Lipinski definition) is 1. The van der Waals surface area contributed by atoms with E-state index in [4.69, 9.17) is 14.4 Å². The second-order valence-corrected chi connectivity index (χ2v) is 20.0. The third kappa shape index (κ3) is 7.39. The molecule has 0 radical (unpaired) electrons. The number of benzene rings is 6. The molecule has 1 N–H and O–H groups in total. The molecule has 6 aromatic carbocycles. The maximum atomic E-state index is 11.4. The summed E-state index contributed by atoms with van der Waals surface area (Å²) in [6.07, 6.45) is 20.6. The molecule has 0 unspecified atom stereocenters. The molecule has 2 heterocycles. The van der Waals surface area contributed by atoms with Crippen molar-refractivity contribution in [3.63, 3.8) is 0 Å². The maximum Gasteiger partial charge on any atom is 0.230 e. The predicted molar refractivity (Wildman–Crippen MR) is 252 cm³/mol. The van der Waals surface area contributed by atoms with E-state index in [1.54, 1.807) is 0 Å². The number of hydrogen-bond acceptors (Lipinski definition) is 4. The Morgan fingerprint density at radius 1 is 0.677 bits per heavy atom. The number of rotatable bonds is 5. The Bertz CT molecular complexity index is 2930. The van der Waals surface area contributed by atoms with Crippen LogP contribution in [0.15, 0.2) is 108 Å². The predicted octanol–water partition coefficient (Wildman–Crippen LogP) is 16.1. The molecule has 11 rings (SSSR count). The fraction of sp³-hybridized carbons (Fsp3) is 0.368. The molecule has 0 amide bonds. The molecular weight excluding hydrogens is 940 g/mol. The molecule has 1 spiro atoms. The second kappa shape index (κ2) is 16.4. The molecule has 62 heavy (non-hydrogen) atoms. The van der Waals surface area contributed by atoms with Gasteiger partial charge in [-0.15, -0.1) is 23.6 Å². The van der Waals surface area contributed by atoms with Crippen molar-refractivity contribution in [3.05, 3.63) is 126 Å². The number of nitrogens with zero attached hydrogens (tertiary/aromatic N) is 2. The molecule has 318 valence electrons. The summed E-state index contributed by atoms with van der Waals surface area (Å²) < 4.78 is 6.87. The Balaban J connectivity index is 0.00000458. The van der Waals surface area contributed by atoms with Gasteiger partial charge in [-0.3, -0.25) is 4.98 Å². The van der Waals surface area contributed by atoms with Crippen LogP contribution in [0, 0.1) is 11.5 Å². The van der Waals surface area contributed by atoms with Crippen LogP contribution in [0.3, 0.4) is 0 Å². The van der Waals surface area contributed by atoms with Crippen molar-refractivity contribution in [2.24, 2.45) is 5.41 Å². The number of phenolic OH excluding ortho intramolecular Hbond substituents is 1. The summed E-state index contributed by atoms with van der Waals surface area (Å²) in [7, 11) is 0. The molecule has 4 nitrogen and oxygen atoms in total. The normalized spacial score (nSPS) is 17.6. The molecule has 3 aliphatic rings. The first kappa shape index (κ1) is 41.2. The molecular formula is C57H57N2O2Pt-. The van der Waals surface area contributed by atoms with Crippen LogP contribution in [0.5, 0.6) is 5.75 Å². The Morgan fingerprint density at radius 3 is 2.13 bits per heavy atom. The number of aromatic nitrogens is 2. The van der Waals surface area contributed by atoms with Crippen LogP contribution >= 0.6 is 0 Å². The Kier molecular flexibility index (Phi) is 10.9. The van der Waals surface area contributed by atoms with Crippen LogP contribution in [0.25, 0.3) is 77.3 Å². The number of fused-ring (bicyclic) bond motifs is 8. The smallest absolute Gasteiger partial charge is 0.230 e. The third-order valence-electron chi connectivity index (χ3n) is 15.2. The van der Waals surface area contributed by atoms with Crippen molar-refractivity contribution in [1.29, 1.82) is 0 Å². The molecule has 3 saturated carbocycles. The van der Waals surface area contributed by atoms with E-state index in [-0.39, 0.29) is 32.2 Å². The van der Waals surface area contributed by atoms with Gasteiger partial charge in [0, 0.05) is 33.0 Å². The minimum Gasteiger partial charge on any atom is -0.507 e. The Labute approximate surface area is 380 Å². The average Bonchev–Trinajstić information content (AvgIpc) is 3.74. The number of aromatic hydroxyl groups is 1. The molecule has 3 fully saturated rings. The van der Waals surface area contributed by atoms with E-state index in [9.17, 15) is 5.11 Å². The maximum absolute atomic E-state index is 11.4.